The van der Waals surface area contributed by atoms with Crippen molar-refractivity contribution < 1.29 is 13.2 Å². The molecule has 2 aliphatic rings. The van der Waals surface area contributed by atoms with Crippen LogP contribution >= 0.6 is 0 Å². The van der Waals surface area contributed by atoms with E-state index in [0.717, 1.165) is 25.9 Å². The van der Waals surface area contributed by atoms with Crippen LogP contribution in [0.5, 0.6) is 0 Å². The summed E-state index contributed by atoms with van der Waals surface area (Å²) in [6, 6.07) is -0.108. The van der Waals surface area contributed by atoms with Gasteiger partial charge >= 0.3 is 0 Å². The van der Waals surface area contributed by atoms with Crippen LogP contribution in [-0.4, -0.2) is 68.9 Å². The molecule has 2 aliphatic heterocycles. The summed E-state index contributed by atoms with van der Waals surface area (Å²) in [5, 5.41) is 0. The number of sulfone groups is 1. The smallest absolute Gasteiger partial charge is 0.222 e. The second-order valence-corrected chi connectivity index (χ2v) is 8.24. The first-order chi connectivity index (χ1) is 8.87. The highest BCUT2D eigenvalue weighted by Crippen LogP contribution is 2.22. The van der Waals surface area contributed by atoms with E-state index in [4.69, 9.17) is 0 Å². The van der Waals surface area contributed by atoms with Gasteiger partial charge in [-0.3, -0.25) is 4.79 Å². The van der Waals surface area contributed by atoms with Crippen molar-refractivity contribution in [1.82, 2.24) is 9.80 Å². The van der Waals surface area contributed by atoms with Gasteiger partial charge in [-0.2, -0.15) is 0 Å². The molecule has 0 radical (unpaired) electrons. The van der Waals surface area contributed by atoms with Crippen LogP contribution in [0.2, 0.25) is 0 Å². The Labute approximate surface area is 115 Å². The minimum absolute atomic E-state index is 0.108. The van der Waals surface area contributed by atoms with Gasteiger partial charge in [-0.25, -0.2) is 8.42 Å². The van der Waals surface area contributed by atoms with Gasteiger partial charge in [0, 0.05) is 19.5 Å². The minimum Gasteiger partial charge on any atom is -0.342 e. The molecule has 0 aromatic heterocycles. The Morgan fingerprint density at radius 3 is 2.42 bits per heavy atom. The molecule has 0 spiro atoms. The van der Waals surface area contributed by atoms with Crippen molar-refractivity contribution in [3.8, 4) is 0 Å². The summed E-state index contributed by atoms with van der Waals surface area (Å²) >= 11 is 0. The lowest BCUT2D eigenvalue weighted by molar-refractivity contribution is -0.132. The normalized spacial score (nSPS) is 28.4. The Kier molecular flexibility index (Phi) is 4.50. The lowest BCUT2D eigenvalue weighted by atomic mass is 9.93. The maximum atomic E-state index is 12.2. The number of amides is 1. The summed E-state index contributed by atoms with van der Waals surface area (Å²) in [6.45, 7) is 2.11. The van der Waals surface area contributed by atoms with E-state index in [9.17, 15) is 13.2 Å². The average Bonchev–Trinajstić information content (AvgIpc) is 2.71. The molecule has 0 aromatic rings. The summed E-state index contributed by atoms with van der Waals surface area (Å²) in [4.78, 5) is 16.2. The molecule has 1 atom stereocenters. The highest BCUT2D eigenvalue weighted by Gasteiger charge is 2.33. The third kappa shape index (κ3) is 3.92. The number of nitrogens with zero attached hydrogens (tertiary/aromatic N) is 2. The zero-order chi connectivity index (χ0) is 14.0. The van der Waals surface area contributed by atoms with Crippen LogP contribution in [0, 0.1) is 5.92 Å². The van der Waals surface area contributed by atoms with Crippen LogP contribution in [0.25, 0.3) is 0 Å². The number of hydrogen-bond acceptors (Lipinski definition) is 4. The molecule has 1 amide bonds. The SMILES string of the molecule is CN1CCC(CC(=O)N(C)C2CCS(=O)(=O)C2)CC1. The molecule has 2 heterocycles. The zero-order valence-corrected chi connectivity index (χ0v) is 12.7. The van der Waals surface area contributed by atoms with E-state index in [1.807, 2.05) is 0 Å². The van der Waals surface area contributed by atoms with E-state index in [-0.39, 0.29) is 23.5 Å². The Morgan fingerprint density at radius 2 is 1.89 bits per heavy atom. The molecule has 0 aliphatic carbocycles. The summed E-state index contributed by atoms with van der Waals surface area (Å²) < 4.78 is 22.9. The molecule has 0 bridgehead atoms. The van der Waals surface area contributed by atoms with Crippen LogP contribution in [0.1, 0.15) is 25.7 Å². The summed E-state index contributed by atoms with van der Waals surface area (Å²) in [5.41, 5.74) is 0. The zero-order valence-electron chi connectivity index (χ0n) is 11.8. The van der Waals surface area contributed by atoms with Crippen LogP contribution in [0.4, 0.5) is 0 Å². The Morgan fingerprint density at radius 1 is 1.26 bits per heavy atom. The van der Waals surface area contributed by atoms with Crippen LogP contribution in [0.15, 0.2) is 0 Å². The third-order valence-corrected chi connectivity index (χ3v) is 6.20. The summed E-state index contributed by atoms with van der Waals surface area (Å²) in [7, 11) is 0.943. The predicted molar refractivity (Wildman–Crippen MR) is 74.7 cm³/mol. The van der Waals surface area contributed by atoms with Gasteiger partial charge in [-0.15, -0.1) is 0 Å². The van der Waals surface area contributed by atoms with Gasteiger partial charge < -0.3 is 9.80 Å². The molecule has 0 aromatic carbocycles. The quantitative estimate of drug-likeness (QED) is 0.752. The van der Waals surface area contributed by atoms with E-state index in [1.165, 1.54) is 0 Å². The van der Waals surface area contributed by atoms with E-state index in [1.54, 1.807) is 11.9 Å². The number of hydrogen-bond donors (Lipinski definition) is 0. The number of carbonyl (C=O) groups excluding carboxylic acids is 1. The Balaban J connectivity index is 1.83. The molecule has 2 rings (SSSR count). The van der Waals surface area contributed by atoms with E-state index in [2.05, 4.69) is 11.9 Å². The van der Waals surface area contributed by atoms with E-state index in [0.29, 0.717) is 18.8 Å². The molecule has 0 N–H and O–H groups in total. The first kappa shape index (κ1) is 14.8. The van der Waals surface area contributed by atoms with Crippen molar-refractivity contribution in [3.63, 3.8) is 0 Å². The topological polar surface area (TPSA) is 57.7 Å². The number of rotatable bonds is 3. The third-order valence-electron chi connectivity index (χ3n) is 4.45. The lowest BCUT2D eigenvalue weighted by Gasteiger charge is -2.31. The van der Waals surface area contributed by atoms with E-state index >= 15 is 0 Å². The average molecular weight is 288 g/mol. The van der Waals surface area contributed by atoms with Crippen molar-refractivity contribution in [2.24, 2.45) is 5.92 Å². The highest BCUT2D eigenvalue weighted by molar-refractivity contribution is 7.91. The second kappa shape index (κ2) is 5.79. The fourth-order valence-corrected chi connectivity index (χ4v) is 4.72. The monoisotopic (exact) mass is 288 g/mol. The van der Waals surface area contributed by atoms with E-state index < -0.39 is 9.84 Å². The fraction of sp³-hybridized carbons (Fsp3) is 0.923. The van der Waals surface area contributed by atoms with Crippen molar-refractivity contribution in [2.45, 2.75) is 31.7 Å². The highest BCUT2D eigenvalue weighted by atomic mass is 32.2. The molecule has 1 unspecified atom stereocenters. The van der Waals surface area contributed by atoms with Crippen molar-refractivity contribution in [1.29, 1.82) is 0 Å². The molecular weight excluding hydrogens is 264 g/mol. The largest absolute Gasteiger partial charge is 0.342 e. The standard InChI is InChI=1S/C13H24N2O3S/c1-14-6-3-11(4-7-14)9-13(16)15(2)12-5-8-19(17,18)10-12/h11-12H,3-10H2,1-2H3. The number of carbonyl (C=O) groups is 1. The van der Waals surface area contributed by atoms with Gasteiger partial charge in [0.15, 0.2) is 9.84 Å². The molecule has 2 fully saturated rings. The molecule has 110 valence electrons. The number of likely N-dealkylation sites (tertiary alicyclic amines) is 1. The predicted octanol–water partition coefficient (Wildman–Crippen LogP) is 0.364. The Hall–Kier alpha value is -0.620. The maximum Gasteiger partial charge on any atom is 0.222 e. The minimum atomic E-state index is -2.91. The lowest BCUT2D eigenvalue weighted by Crippen LogP contribution is -2.40. The molecule has 2 saturated heterocycles. The first-order valence-corrected chi connectivity index (χ1v) is 8.84. The van der Waals surface area contributed by atoms with Crippen molar-refractivity contribution in [2.75, 3.05) is 38.7 Å². The Bertz CT molecular complexity index is 427. The molecular formula is C13H24N2O3S. The van der Waals surface area contributed by atoms with Gasteiger partial charge in [0.1, 0.15) is 0 Å². The van der Waals surface area contributed by atoms with Crippen LogP contribution < -0.4 is 0 Å². The molecule has 19 heavy (non-hydrogen) atoms. The maximum absolute atomic E-state index is 12.2. The summed E-state index contributed by atoms with van der Waals surface area (Å²) in [6.07, 6.45) is 3.30. The first-order valence-electron chi connectivity index (χ1n) is 7.02. The number of piperidine rings is 1. The van der Waals surface area contributed by atoms with Gasteiger partial charge in [-0.1, -0.05) is 0 Å². The molecule has 5 nitrogen and oxygen atoms in total. The summed E-state index contributed by atoms with van der Waals surface area (Å²) in [5.74, 6) is 0.937. The van der Waals surface area contributed by atoms with Gasteiger partial charge in [0.05, 0.1) is 11.5 Å². The molecule has 0 saturated carbocycles. The van der Waals surface area contributed by atoms with Crippen LogP contribution in [-0.2, 0) is 14.6 Å². The van der Waals surface area contributed by atoms with Gasteiger partial charge in [0.25, 0.3) is 0 Å². The van der Waals surface area contributed by atoms with Crippen molar-refractivity contribution >= 4 is 15.7 Å². The second-order valence-electron chi connectivity index (χ2n) is 6.01. The van der Waals surface area contributed by atoms with Crippen molar-refractivity contribution in [3.05, 3.63) is 0 Å². The molecule has 6 heteroatoms. The van der Waals surface area contributed by atoms with Gasteiger partial charge in [0.2, 0.25) is 5.91 Å². The van der Waals surface area contributed by atoms with Gasteiger partial charge in [-0.05, 0) is 45.3 Å². The van der Waals surface area contributed by atoms with Crippen LogP contribution in [0.3, 0.4) is 0 Å². The fourth-order valence-electron chi connectivity index (χ4n) is 2.94.